The number of carboxylic acid groups (broad SMARTS) is 2. The Kier molecular flexibility index (Phi) is 4.21. The van der Waals surface area contributed by atoms with Crippen LogP contribution in [0.15, 0.2) is 24.3 Å². The van der Waals surface area contributed by atoms with Crippen molar-refractivity contribution >= 4 is 17.8 Å². The molecule has 0 aliphatic rings. The standard InChI is InChI=1S/C11H11NO5/c13-9(14)4-5-12-10(15)7-2-1-3-8(6-7)11(16)17/h1-3,6H,4-5H2,(H,12,15)(H,13,14)(H,16,17). The van der Waals surface area contributed by atoms with E-state index in [9.17, 15) is 14.4 Å². The van der Waals surface area contributed by atoms with Crippen LogP contribution in [-0.2, 0) is 4.79 Å². The van der Waals surface area contributed by atoms with Crippen LogP contribution in [0.3, 0.4) is 0 Å². The van der Waals surface area contributed by atoms with Crippen molar-refractivity contribution in [1.29, 1.82) is 0 Å². The molecule has 6 nitrogen and oxygen atoms in total. The molecule has 0 radical (unpaired) electrons. The summed E-state index contributed by atoms with van der Waals surface area (Å²) in [5.74, 6) is -2.62. The van der Waals surface area contributed by atoms with Crippen LogP contribution in [0, 0.1) is 0 Å². The number of hydrogen-bond acceptors (Lipinski definition) is 3. The fraction of sp³-hybridized carbons (Fsp3) is 0.182. The Balaban J connectivity index is 2.65. The maximum Gasteiger partial charge on any atom is 0.335 e. The first kappa shape index (κ1) is 12.7. The van der Waals surface area contributed by atoms with Crippen molar-refractivity contribution in [2.75, 3.05) is 6.54 Å². The fourth-order valence-corrected chi connectivity index (χ4v) is 1.18. The van der Waals surface area contributed by atoms with Crippen molar-refractivity contribution in [2.24, 2.45) is 0 Å². The Labute approximate surface area is 96.9 Å². The van der Waals surface area contributed by atoms with E-state index in [1.165, 1.54) is 24.3 Å². The van der Waals surface area contributed by atoms with Gasteiger partial charge in [-0.1, -0.05) is 6.07 Å². The highest BCUT2D eigenvalue weighted by molar-refractivity contribution is 5.97. The summed E-state index contributed by atoms with van der Waals surface area (Å²) >= 11 is 0. The molecule has 0 spiro atoms. The monoisotopic (exact) mass is 237 g/mol. The van der Waals surface area contributed by atoms with Crippen molar-refractivity contribution in [1.82, 2.24) is 5.32 Å². The number of aliphatic carboxylic acids is 1. The molecule has 0 aliphatic heterocycles. The molecular weight excluding hydrogens is 226 g/mol. The summed E-state index contributed by atoms with van der Waals surface area (Å²) in [6.07, 6.45) is -0.176. The van der Waals surface area contributed by atoms with Crippen LogP contribution in [0.2, 0.25) is 0 Å². The number of benzene rings is 1. The molecule has 0 aromatic heterocycles. The maximum absolute atomic E-state index is 11.5. The van der Waals surface area contributed by atoms with Crippen molar-refractivity contribution in [3.05, 3.63) is 35.4 Å². The van der Waals surface area contributed by atoms with E-state index >= 15 is 0 Å². The van der Waals surface area contributed by atoms with Crippen molar-refractivity contribution in [3.63, 3.8) is 0 Å². The lowest BCUT2D eigenvalue weighted by Crippen LogP contribution is -2.26. The van der Waals surface area contributed by atoms with Crippen LogP contribution >= 0.6 is 0 Å². The van der Waals surface area contributed by atoms with E-state index in [0.29, 0.717) is 0 Å². The SMILES string of the molecule is O=C(O)CCNC(=O)c1cccc(C(=O)O)c1. The minimum absolute atomic E-state index is 0.00542. The summed E-state index contributed by atoms with van der Waals surface area (Å²) in [6.45, 7) is 0.00542. The predicted molar refractivity (Wildman–Crippen MR) is 58.0 cm³/mol. The lowest BCUT2D eigenvalue weighted by molar-refractivity contribution is -0.136. The minimum Gasteiger partial charge on any atom is -0.481 e. The third-order valence-corrected chi connectivity index (χ3v) is 2.00. The Morgan fingerprint density at radius 2 is 1.76 bits per heavy atom. The van der Waals surface area contributed by atoms with Gasteiger partial charge in [-0.3, -0.25) is 9.59 Å². The Morgan fingerprint density at radius 1 is 1.12 bits per heavy atom. The van der Waals surface area contributed by atoms with Crippen molar-refractivity contribution in [2.45, 2.75) is 6.42 Å². The fourth-order valence-electron chi connectivity index (χ4n) is 1.18. The predicted octanol–water partition coefficient (Wildman–Crippen LogP) is 0.589. The Morgan fingerprint density at radius 3 is 2.35 bits per heavy atom. The average Bonchev–Trinajstić information content (AvgIpc) is 2.28. The van der Waals surface area contributed by atoms with Gasteiger partial charge in [-0.2, -0.15) is 0 Å². The number of carbonyl (C=O) groups excluding carboxylic acids is 1. The van der Waals surface area contributed by atoms with Gasteiger partial charge in [-0.15, -0.1) is 0 Å². The second-order valence-corrected chi connectivity index (χ2v) is 3.29. The third-order valence-electron chi connectivity index (χ3n) is 2.00. The van der Waals surface area contributed by atoms with Gasteiger partial charge in [0.05, 0.1) is 12.0 Å². The van der Waals surface area contributed by atoms with Gasteiger partial charge in [0.15, 0.2) is 0 Å². The molecule has 0 saturated carbocycles. The van der Waals surface area contributed by atoms with Gasteiger partial charge >= 0.3 is 11.9 Å². The number of amides is 1. The summed E-state index contributed by atoms with van der Waals surface area (Å²) in [7, 11) is 0. The van der Waals surface area contributed by atoms with Gasteiger partial charge in [-0.25, -0.2) is 4.79 Å². The first-order valence-corrected chi connectivity index (χ1v) is 4.84. The molecule has 17 heavy (non-hydrogen) atoms. The molecule has 0 atom stereocenters. The first-order chi connectivity index (χ1) is 8.00. The zero-order valence-electron chi connectivity index (χ0n) is 8.84. The van der Waals surface area contributed by atoms with Gasteiger partial charge in [0.25, 0.3) is 5.91 Å². The zero-order valence-corrected chi connectivity index (χ0v) is 8.84. The number of nitrogens with one attached hydrogen (secondary N) is 1. The van der Waals surface area contributed by atoms with Gasteiger partial charge < -0.3 is 15.5 Å². The van der Waals surface area contributed by atoms with Crippen LogP contribution in [0.5, 0.6) is 0 Å². The van der Waals surface area contributed by atoms with E-state index in [2.05, 4.69) is 5.32 Å². The van der Waals surface area contributed by atoms with Crippen LogP contribution in [0.4, 0.5) is 0 Å². The average molecular weight is 237 g/mol. The molecule has 0 aliphatic carbocycles. The molecule has 6 heteroatoms. The Bertz CT molecular complexity index is 455. The summed E-state index contributed by atoms with van der Waals surface area (Å²) in [5.41, 5.74) is 0.200. The number of carboxylic acids is 2. The Hall–Kier alpha value is -2.37. The first-order valence-electron chi connectivity index (χ1n) is 4.84. The summed E-state index contributed by atoms with van der Waals surface area (Å²) in [4.78, 5) is 32.4. The molecule has 0 unspecified atom stereocenters. The van der Waals surface area contributed by atoms with E-state index in [4.69, 9.17) is 10.2 Å². The third kappa shape index (κ3) is 3.94. The van der Waals surface area contributed by atoms with E-state index in [1.807, 2.05) is 0 Å². The topological polar surface area (TPSA) is 104 Å². The van der Waals surface area contributed by atoms with E-state index in [1.54, 1.807) is 0 Å². The molecule has 1 rings (SSSR count). The molecule has 0 heterocycles. The highest BCUT2D eigenvalue weighted by Gasteiger charge is 2.09. The molecule has 90 valence electrons. The van der Waals surface area contributed by atoms with Gasteiger partial charge in [0.1, 0.15) is 0 Å². The van der Waals surface area contributed by atoms with Gasteiger partial charge in [0.2, 0.25) is 0 Å². The van der Waals surface area contributed by atoms with Crippen LogP contribution in [-0.4, -0.2) is 34.6 Å². The maximum atomic E-state index is 11.5. The number of rotatable bonds is 5. The second-order valence-electron chi connectivity index (χ2n) is 3.29. The van der Waals surface area contributed by atoms with Crippen LogP contribution in [0.1, 0.15) is 27.1 Å². The van der Waals surface area contributed by atoms with E-state index in [0.717, 1.165) is 0 Å². The lowest BCUT2D eigenvalue weighted by Gasteiger charge is -2.04. The van der Waals surface area contributed by atoms with Crippen LogP contribution < -0.4 is 5.32 Å². The summed E-state index contributed by atoms with van der Waals surface area (Å²) in [5, 5.41) is 19.5. The largest absolute Gasteiger partial charge is 0.481 e. The quantitative estimate of drug-likeness (QED) is 0.695. The van der Waals surface area contributed by atoms with E-state index < -0.39 is 17.8 Å². The summed E-state index contributed by atoms with van der Waals surface area (Å²) in [6, 6.07) is 5.52. The number of aromatic carboxylic acids is 1. The van der Waals surface area contributed by atoms with Gasteiger partial charge in [0, 0.05) is 12.1 Å². The molecule has 0 saturated heterocycles. The summed E-state index contributed by atoms with van der Waals surface area (Å²) < 4.78 is 0. The smallest absolute Gasteiger partial charge is 0.335 e. The second kappa shape index (κ2) is 5.64. The zero-order chi connectivity index (χ0) is 12.8. The molecule has 3 N–H and O–H groups in total. The molecule has 1 amide bonds. The molecule has 1 aromatic rings. The highest BCUT2D eigenvalue weighted by atomic mass is 16.4. The molecule has 0 fully saturated rings. The lowest BCUT2D eigenvalue weighted by atomic mass is 10.1. The normalized spacial score (nSPS) is 9.65. The number of carbonyl (C=O) groups is 3. The number of hydrogen-bond donors (Lipinski definition) is 3. The van der Waals surface area contributed by atoms with Crippen molar-refractivity contribution < 1.29 is 24.6 Å². The minimum atomic E-state index is -1.12. The van der Waals surface area contributed by atoms with Crippen LogP contribution in [0.25, 0.3) is 0 Å². The molecule has 1 aromatic carbocycles. The highest BCUT2D eigenvalue weighted by Crippen LogP contribution is 2.05. The van der Waals surface area contributed by atoms with E-state index in [-0.39, 0.29) is 24.1 Å². The molecule has 0 bridgehead atoms. The van der Waals surface area contributed by atoms with Crippen molar-refractivity contribution in [3.8, 4) is 0 Å². The molecular formula is C11H11NO5. The van der Waals surface area contributed by atoms with Gasteiger partial charge in [-0.05, 0) is 18.2 Å².